The number of nitrogens with zero attached hydrogens (tertiary/aromatic N) is 3. The third-order valence-electron chi connectivity index (χ3n) is 5.09. The van der Waals surface area contributed by atoms with Gasteiger partial charge < -0.3 is 10.1 Å². The van der Waals surface area contributed by atoms with Crippen molar-refractivity contribution in [3.63, 3.8) is 0 Å². The number of hydrogen-bond donors (Lipinski definition) is 1. The number of carbonyl (C=O) groups excluding carboxylic acids is 1. The van der Waals surface area contributed by atoms with Crippen LogP contribution >= 0.6 is 35.0 Å². The Bertz CT molecular complexity index is 1300. The van der Waals surface area contributed by atoms with Crippen LogP contribution in [0.4, 0.5) is 5.69 Å². The van der Waals surface area contributed by atoms with Crippen LogP contribution in [0.1, 0.15) is 11.1 Å². The summed E-state index contributed by atoms with van der Waals surface area (Å²) in [5, 5.41) is 13.4. The molecule has 1 N–H and O–H groups in total. The zero-order valence-corrected chi connectivity index (χ0v) is 21.1. The Morgan fingerprint density at radius 1 is 1.03 bits per heavy atom. The molecule has 0 aliphatic rings. The molecule has 0 saturated heterocycles. The third kappa shape index (κ3) is 5.38. The molecule has 3 aromatic carbocycles. The average Bonchev–Trinajstić information content (AvgIpc) is 3.24. The van der Waals surface area contributed by atoms with Crippen LogP contribution in [0, 0.1) is 13.8 Å². The first-order chi connectivity index (χ1) is 16.4. The third-order valence-corrected chi connectivity index (χ3v) is 6.57. The van der Waals surface area contributed by atoms with Gasteiger partial charge in [-0.15, -0.1) is 10.2 Å². The van der Waals surface area contributed by atoms with E-state index in [9.17, 15) is 4.79 Å². The maximum absolute atomic E-state index is 12.7. The molecule has 0 aliphatic heterocycles. The zero-order valence-electron chi connectivity index (χ0n) is 18.8. The fourth-order valence-corrected chi connectivity index (χ4v) is 4.74. The fraction of sp³-hybridized carbons (Fsp3) is 0.160. The lowest BCUT2D eigenvalue weighted by Crippen LogP contribution is -2.16. The van der Waals surface area contributed by atoms with Gasteiger partial charge in [0.25, 0.3) is 0 Å². The van der Waals surface area contributed by atoms with Crippen LogP contribution in [0.15, 0.2) is 65.8 Å². The van der Waals surface area contributed by atoms with E-state index in [4.69, 9.17) is 27.9 Å². The number of rotatable bonds is 7. The molecule has 0 atom stereocenters. The van der Waals surface area contributed by atoms with Crippen molar-refractivity contribution >= 4 is 46.6 Å². The molecule has 34 heavy (non-hydrogen) atoms. The van der Waals surface area contributed by atoms with E-state index >= 15 is 0 Å². The summed E-state index contributed by atoms with van der Waals surface area (Å²) >= 11 is 13.7. The summed E-state index contributed by atoms with van der Waals surface area (Å²) in [7, 11) is 1.62. The second-order valence-electron chi connectivity index (χ2n) is 7.62. The van der Waals surface area contributed by atoms with E-state index in [1.165, 1.54) is 11.8 Å². The predicted octanol–water partition coefficient (Wildman–Crippen LogP) is 6.60. The van der Waals surface area contributed by atoms with Gasteiger partial charge in [-0.3, -0.25) is 9.36 Å². The summed E-state index contributed by atoms with van der Waals surface area (Å²) in [6, 6.07) is 18.8. The van der Waals surface area contributed by atoms with Crippen LogP contribution in [-0.2, 0) is 4.79 Å². The van der Waals surface area contributed by atoms with E-state index in [1.54, 1.807) is 19.2 Å². The van der Waals surface area contributed by atoms with Gasteiger partial charge in [-0.05, 0) is 79.6 Å². The monoisotopic (exact) mass is 512 g/mol. The Morgan fingerprint density at radius 3 is 2.38 bits per heavy atom. The Kier molecular flexibility index (Phi) is 7.46. The van der Waals surface area contributed by atoms with Crippen molar-refractivity contribution in [2.75, 3.05) is 18.2 Å². The van der Waals surface area contributed by atoms with Crippen LogP contribution in [-0.4, -0.2) is 33.5 Å². The van der Waals surface area contributed by atoms with E-state index in [0.717, 1.165) is 28.1 Å². The molecule has 0 saturated carbocycles. The standard InChI is InChI=1S/C25H22Cl2N4O2S/c1-15-12-16(2)23(21(27)13-15)28-22(32)14-34-25-30-29-24(17-4-10-20(33-3)11-5-17)31(25)19-8-6-18(26)7-9-19/h4-13H,14H2,1-3H3,(H,28,32). The summed E-state index contributed by atoms with van der Waals surface area (Å²) in [4.78, 5) is 12.7. The van der Waals surface area contributed by atoms with Gasteiger partial charge in [0.2, 0.25) is 5.91 Å². The number of amides is 1. The first kappa shape index (κ1) is 24.1. The Labute approximate surface area is 212 Å². The Balaban J connectivity index is 1.61. The normalized spacial score (nSPS) is 10.9. The molecule has 1 heterocycles. The molecule has 0 radical (unpaired) electrons. The van der Waals surface area contributed by atoms with Crippen molar-refractivity contribution in [2.24, 2.45) is 0 Å². The lowest BCUT2D eigenvalue weighted by molar-refractivity contribution is -0.113. The van der Waals surface area contributed by atoms with Crippen LogP contribution in [0.3, 0.4) is 0 Å². The van der Waals surface area contributed by atoms with Gasteiger partial charge in [0.05, 0.1) is 23.6 Å². The van der Waals surface area contributed by atoms with Crippen molar-refractivity contribution < 1.29 is 9.53 Å². The molecule has 0 spiro atoms. The molecular weight excluding hydrogens is 491 g/mol. The molecule has 1 amide bonds. The number of anilines is 1. The molecule has 174 valence electrons. The van der Waals surface area contributed by atoms with Crippen molar-refractivity contribution in [3.05, 3.63) is 81.8 Å². The van der Waals surface area contributed by atoms with Crippen LogP contribution in [0.25, 0.3) is 17.1 Å². The lowest BCUT2D eigenvalue weighted by Gasteiger charge is -2.12. The topological polar surface area (TPSA) is 69.0 Å². The maximum Gasteiger partial charge on any atom is 0.234 e. The molecule has 9 heteroatoms. The van der Waals surface area contributed by atoms with Gasteiger partial charge in [-0.2, -0.15) is 0 Å². The van der Waals surface area contributed by atoms with Crippen molar-refractivity contribution in [1.29, 1.82) is 0 Å². The van der Waals surface area contributed by atoms with Gasteiger partial charge in [0.1, 0.15) is 5.75 Å². The van der Waals surface area contributed by atoms with Gasteiger partial charge in [0, 0.05) is 16.3 Å². The number of nitrogens with one attached hydrogen (secondary N) is 1. The minimum atomic E-state index is -0.185. The minimum absolute atomic E-state index is 0.137. The first-order valence-electron chi connectivity index (χ1n) is 10.4. The second kappa shape index (κ2) is 10.5. The summed E-state index contributed by atoms with van der Waals surface area (Å²) in [6.45, 7) is 3.88. The summed E-state index contributed by atoms with van der Waals surface area (Å²) in [5.41, 5.74) is 4.27. The highest BCUT2D eigenvalue weighted by atomic mass is 35.5. The molecule has 1 aromatic heterocycles. The molecule has 0 bridgehead atoms. The summed E-state index contributed by atoms with van der Waals surface area (Å²) < 4.78 is 7.16. The smallest absolute Gasteiger partial charge is 0.234 e. The van der Waals surface area contributed by atoms with Crippen molar-refractivity contribution in [1.82, 2.24) is 14.8 Å². The number of aromatic nitrogens is 3. The first-order valence-corrected chi connectivity index (χ1v) is 12.1. The molecule has 0 unspecified atom stereocenters. The Morgan fingerprint density at radius 2 is 1.74 bits per heavy atom. The van der Waals surface area contributed by atoms with Gasteiger partial charge in [-0.1, -0.05) is 41.0 Å². The number of benzene rings is 3. The molecule has 4 aromatic rings. The number of aryl methyl sites for hydroxylation is 2. The minimum Gasteiger partial charge on any atom is -0.497 e. The van der Waals surface area contributed by atoms with Gasteiger partial charge in [0.15, 0.2) is 11.0 Å². The SMILES string of the molecule is COc1ccc(-c2nnc(SCC(=O)Nc3c(C)cc(C)cc3Cl)n2-c2ccc(Cl)cc2)cc1. The number of halogens is 2. The molecular formula is C25H22Cl2N4O2S. The number of hydrogen-bond acceptors (Lipinski definition) is 5. The maximum atomic E-state index is 12.7. The number of ether oxygens (including phenoxy) is 1. The van der Waals surface area contributed by atoms with E-state index in [-0.39, 0.29) is 11.7 Å². The van der Waals surface area contributed by atoms with Gasteiger partial charge >= 0.3 is 0 Å². The largest absolute Gasteiger partial charge is 0.497 e. The average molecular weight is 513 g/mol. The number of carbonyl (C=O) groups is 1. The summed E-state index contributed by atoms with van der Waals surface area (Å²) in [5.74, 6) is 1.34. The molecule has 0 aliphatic carbocycles. The molecule has 4 rings (SSSR count). The van der Waals surface area contributed by atoms with Crippen LogP contribution in [0.5, 0.6) is 5.75 Å². The Hall–Kier alpha value is -3.00. The number of thioether (sulfide) groups is 1. The summed E-state index contributed by atoms with van der Waals surface area (Å²) in [6.07, 6.45) is 0. The molecule has 6 nitrogen and oxygen atoms in total. The van der Waals surface area contributed by atoms with E-state index in [2.05, 4.69) is 15.5 Å². The van der Waals surface area contributed by atoms with Gasteiger partial charge in [-0.25, -0.2) is 0 Å². The van der Waals surface area contributed by atoms with Crippen LogP contribution in [0.2, 0.25) is 10.0 Å². The fourth-order valence-electron chi connectivity index (χ4n) is 3.49. The van der Waals surface area contributed by atoms with Crippen molar-refractivity contribution in [3.8, 4) is 22.8 Å². The number of methoxy groups -OCH3 is 1. The highest BCUT2D eigenvalue weighted by Gasteiger charge is 2.18. The van der Waals surface area contributed by atoms with E-state index in [0.29, 0.717) is 26.7 Å². The lowest BCUT2D eigenvalue weighted by atomic mass is 10.1. The van der Waals surface area contributed by atoms with Crippen molar-refractivity contribution in [2.45, 2.75) is 19.0 Å². The highest BCUT2D eigenvalue weighted by molar-refractivity contribution is 7.99. The predicted molar refractivity (Wildman–Crippen MR) is 139 cm³/mol. The van der Waals surface area contributed by atoms with Crippen LogP contribution < -0.4 is 10.1 Å². The zero-order chi connectivity index (χ0) is 24.2. The second-order valence-corrected chi connectivity index (χ2v) is 9.41. The quantitative estimate of drug-likeness (QED) is 0.282. The van der Waals surface area contributed by atoms with E-state index < -0.39 is 0 Å². The van der Waals surface area contributed by atoms with E-state index in [1.807, 2.05) is 66.9 Å². The highest BCUT2D eigenvalue weighted by Crippen LogP contribution is 2.31. The molecule has 0 fully saturated rings.